The van der Waals surface area contributed by atoms with Crippen LogP contribution in [-0.2, 0) is 4.79 Å². The molecular weight excluding hydrogens is 470 g/mol. The third kappa shape index (κ3) is 6.57. The summed E-state index contributed by atoms with van der Waals surface area (Å²) in [6.07, 6.45) is 3.68. The molecule has 0 unspecified atom stereocenters. The highest BCUT2D eigenvalue weighted by molar-refractivity contribution is 6.35. The topological polar surface area (TPSA) is 73.5 Å². The number of hydrogen-bond acceptors (Lipinski definition) is 3. The number of nitrogens with one attached hydrogen (secondary N) is 3. The number of nitrogens with zero attached hydrogens (tertiary/aromatic N) is 1. The average molecular weight is 490 g/mol. The van der Waals surface area contributed by atoms with Crippen LogP contribution in [0.1, 0.15) is 25.7 Å². The molecular formula is C20H20Cl4N4O2. The van der Waals surface area contributed by atoms with E-state index < -0.39 is 0 Å². The van der Waals surface area contributed by atoms with Gasteiger partial charge in [-0.3, -0.25) is 15.2 Å². The summed E-state index contributed by atoms with van der Waals surface area (Å²) >= 11 is 23.9. The molecule has 0 aromatic heterocycles. The molecule has 160 valence electrons. The third-order valence-electron chi connectivity index (χ3n) is 4.78. The first-order valence-corrected chi connectivity index (χ1v) is 10.8. The Balaban J connectivity index is 1.50. The third-order valence-corrected chi connectivity index (χ3v) is 5.65. The summed E-state index contributed by atoms with van der Waals surface area (Å²) in [5.41, 5.74) is 4.21. The van der Waals surface area contributed by atoms with E-state index in [1.807, 2.05) is 0 Å². The Morgan fingerprint density at radius 3 is 1.83 bits per heavy atom. The SMILES string of the molecule is O=CN(Nc1cc(Cl)cc(Cl)c1)[C@H]1CC[C@@H](NC(=O)Nc2cc(Cl)cc(Cl)c2)CC1. The van der Waals surface area contributed by atoms with Gasteiger partial charge in [-0.25, -0.2) is 4.79 Å². The molecule has 2 aromatic rings. The Bertz CT molecular complexity index is 879. The second-order valence-electron chi connectivity index (χ2n) is 7.04. The van der Waals surface area contributed by atoms with Crippen molar-refractivity contribution in [2.75, 3.05) is 10.7 Å². The molecule has 30 heavy (non-hydrogen) atoms. The second kappa shape index (κ2) is 10.4. The van der Waals surface area contributed by atoms with Crippen LogP contribution < -0.4 is 16.1 Å². The first kappa shape index (κ1) is 22.8. The van der Waals surface area contributed by atoms with Gasteiger partial charge in [-0.15, -0.1) is 0 Å². The van der Waals surface area contributed by atoms with E-state index >= 15 is 0 Å². The molecule has 1 aliphatic rings. The molecule has 0 bridgehead atoms. The monoisotopic (exact) mass is 488 g/mol. The van der Waals surface area contributed by atoms with Crippen LogP contribution in [0, 0.1) is 0 Å². The molecule has 0 saturated heterocycles. The lowest BCUT2D eigenvalue weighted by atomic mass is 9.91. The summed E-state index contributed by atoms with van der Waals surface area (Å²) in [5, 5.41) is 9.06. The highest BCUT2D eigenvalue weighted by Crippen LogP contribution is 2.27. The quantitative estimate of drug-likeness (QED) is 0.333. The molecule has 1 fully saturated rings. The fourth-order valence-electron chi connectivity index (χ4n) is 3.45. The van der Waals surface area contributed by atoms with Gasteiger partial charge in [0.15, 0.2) is 0 Å². The molecule has 1 aliphatic carbocycles. The lowest BCUT2D eigenvalue weighted by Gasteiger charge is -2.35. The highest BCUT2D eigenvalue weighted by atomic mass is 35.5. The number of rotatable bonds is 6. The van der Waals surface area contributed by atoms with Crippen LogP contribution in [0.3, 0.4) is 0 Å². The summed E-state index contributed by atoms with van der Waals surface area (Å²) in [5.74, 6) is 0. The number of carbonyl (C=O) groups is 2. The maximum absolute atomic E-state index is 12.3. The maximum Gasteiger partial charge on any atom is 0.319 e. The van der Waals surface area contributed by atoms with Crippen molar-refractivity contribution in [1.29, 1.82) is 0 Å². The molecule has 3 rings (SSSR count). The van der Waals surface area contributed by atoms with E-state index in [0.29, 0.717) is 31.5 Å². The summed E-state index contributed by atoms with van der Waals surface area (Å²) in [6, 6.07) is 9.54. The van der Waals surface area contributed by atoms with Crippen LogP contribution in [0.5, 0.6) is 0 Å². The summed E-state index contributed by atoms with van der Waals surface area (Å²) in [7, 11) is 0. The lowest BCUT2D eigenvalue weighted by Crippen LogP contribution is -2.46. The van der Waals surface area contributed by atoms with Gasteiger partial charge in [0.05, 0.1) is 11.7 Å². The van der Waals surface area contributed by atoms with Crippen LogP contribution >= 0.6 is 46.4 Å². The molecule has 3 amide bonds. The predicted octanol–water partition coefficient (Wildman–Crippen LogP) is 6.22. The predicted molar refractivity (Wildman–Crippen MR) is 123 cm³/mol. The van der Waals surface area contributed by atoms with Crippen LogP contribution in [-0.4, -0.2) is 29.5 Å². The molecule has 10 heteroatoms. The fourth-order valence-corrected chi connectivity index (χ4v) is 4.50. The van der Waals surface area contributed by atoms with Gasteiger partial charge >= 0.3 is 6.03 Å². The number of urea groups is 1. The minimum Gasteiger partial charge on any atom is -0.335 e. The van der Waals surface area contributed by atoms with E-state index in [9.17, 15) is 9.59 Å². The molecule has 1 saturated carbocycles. The van der Waals surface area contributed by atoms with Gasteiger partial charge in [0.2, 0.25) is 6.41 Å². The van der Waals surface area contributed by atoms with Crippen molar-refractivity contribution < 1.29 is 9.59 Å². The van der Waals surface area contributed by atoms with E-state index in [-0.39, 0.29) is 18.1 Å². The zero-order valence-corrected chi connectivity index (χ0v) is 18.8. The molecule has 0 heterocycles. The Morgan fingerprint density at radius 2 is 1.33 bits per heavy atom. The van der Waals surface area contributed by atoms with Crippen molar-refractivity contribution in [3.05, 3.63) is 56.5 Å². The van der Waals surface area contributed by atoms with E-state index in [0.717, 1.165) is 32.1 Å². The second-order valence-corrected chi connectivity index (χ2v) is 8.79. The average Bonchev–Trinajstić information content (AvgIpc) is 2.65. The summed E-state index contributed by atoms with van der Waals surface area (Å²) < 4.78 is 0. The number of halogens is 4. The van der Waals surface area contributed by atoms with Crippen molar-refractivity contribution >= 4 is 70.2 Å². The van der Waals surface area contributed by atoms with Crippen LogP contribution in [0.2, 0.25) is 20.1 Å². The van der Waals surface area contributed by atoms with Crippen molar-refractivity contribution in [2.45, 2.75) is 37.8 Å². The lowest BCUT2D eigenvalue weighted by molar-refractivity contribution is -0.119. The van der Waals surface area contributed by atoms with Crippen molar-refractivity contribution in [1.82, 2.24) is 10.3 Å². The van der Waals surface area contributed by atoms with Gasteiger partial charge in [0, 0.05) is 31.8 Å². The number of benzene rings is 2. The van der Waals surface area contributed by atoms with Crippen molar-refractivity contribution in [2.24, 2.45) is 0 Å². The van der Waals surface area contributed by atoms with Gasteiger partial charge in [-0.05, 0) is 62.1 Å². The molecule has 0 spiro atoms. The van der Waals surface area contributed by atoms with E-state index in [1.165, 1.54) is 5.01 Å². The first-order chi connectivity index (χ1) is 14.3. The van der Waals surface area contributed by atoms with E-state index in [1.54, 1.807) is 36.4 Å². The molecule has 6 nitrogen and oxygen atoms in total. The molecule has 3 N–H and O–H groups in total. The van der Waals surface area contributed by atoms with Gasteiger partial charge in [-0.2, -0.15) is 0 Å². The van der Waals surface area contributed by atoms with Crippen molar-refractivity contribution in [3.63, 3.8) is 0 Å². The Kier molecular flexibility index (Phi) is 7.94. The Morgan fingerprint density at radius 1 is 0.833 bits per heavy atom. The zero-order valence-electron chi connectivity index (χ0n) is 15.8. The number of carbonyl (C=O) groups excluding carboxylic acids is 2. The molecule has 0 radical (unpaired) electrons. The normalized spacial score (nSPS) is 18.4. The fraction of sp³-hybridized carbons (Fsp3) is 0.300. The van der Waals surface area contributed by atoms with Gasteiger partial charge in [-0.1, -0.05) is 46.4 Å². The largest absolute Gasteiger partial charge is 0.335 e. The van der Waals surface area contributed by atoms with E-state index in [4.69, 9.17) is 46.4 Å². The van der Waals surface area contributed by atoms with Crippen molar-refractivity contribution in [3.8, 4) is 0 Å². The maximum atomic E-state index is 12.3. The van der Waals surface area contributed by atoms with Crippen LogP contribution in [0.4, 0.5) is 16.2 Å². The highest BCUT2D eigenvalue weighted by Gasteiger charge is 2.26. The summed E-state index contributed by atoms with van der Waals surface area (Å²) in [4.78, 5) is 23.9. The number of hydrazine groups is 1. The first-order valence-electron chi connectivity index (χ1n) is 9.32. The van der Waals surface area contributed by atoms with Crippen LogP contribution in [0.15, 0.2) is 36.4 Å². The number of hydrogen-bond donors (Lipinski definition) is 3. The van der Waals surface area contributed by atoms with E-state index in [2.05, 4.69) is 16.1 Å². The van der Waals surface area contributed by atoms with Gasteiger partial charge in [0.1, 0.15) is 0 Å². The standard InChI is InChI=1S/C20H20Cl4N4O2/c21-12-5-13(22)8-17(7-12)26-20(30)25-16-1-3-19(4-2-16)28(11-29)27-18-9-14(23)6-15(24)10-18/h5-11,16,19,27H,1-4H2,(H2,25,26,30)/t16-,19+. The molecule has 0 aliphatic heterocycles. The number of amides is 3. The smallest absolute Gasteiger partial charge is 0.319 e. The molecule has 2 aromatic carbocycles. The minimum absolute atomic E-state index is 0.00465. The number of anilines is 2. The Hall–Kier alpha value is -1.86. The van der Waals surface area contributed by atoms with Gasteiger partial charge < -0.3 is 10.6 Å². The van der Waals surface area contributed by atoms with Gasteiger partial charge in [0.25, 0.3) is 0 Å². The van der Waals surface area contributed by atoms with Crippen LogP contribution in [0.25, 0.3) is 0 Å². The zero-order chi connectivity index (χ0) is 21.7. The minimum atomic E-state index is -0.323. The summed E-state index contributed by atoms with van der Waals surface area (Å²) in [6.45, 7) is 0. The molecule has 0 atom stereocenters. The Labute approximate surface area is 194 Å².